The summed E-state index contributed by atoms with van der Waals surface area (Å²) in [6, 6.07) is 3.82. The molecule has 5 heteroatoms. The molecule has 1 saturated carbocycles. The fourth-order valence-corrected chi connectivity index (χ4v) is 3.55. The molecule has 134 valence electrons. The normalized spacial score (nSPS) is 21.3. The molecule has 2 fully saturated rings. The predicted octanol–water partition coefficient (Wildman–Crippen LogP) is 4.38. The molecular weight excluding hydrogens is 334 g/mol. The van der Waals surface area contributed by atoms with Crippen LogP contribution in [0.4, 0.5) is 5.69 Å². The number of hydrogen-bond acceptors (Lipinski definition) is 3. The summed E-state index contributed by atoms with van der Waals surface area (Å²) >= 11 is 6.18. The smallest absolute Gasteiger partial charge is 0.211 e. The molecule has 0 bridgehead atoms. The Morgan fingerprint density at radius 1 is 1.28 bits per heavy atom. The van der Waals surface area contributed by atoms with Crippen LogP contribution in [0.1, 0.15) is 50.2 Å². The van der Waals surface area contributed by atoms with Gasteiger partial charge in [-0.25, -0.2) is 0 Å². The van der Waals surface area contributed by atoms with Gasteiger partial charge in [-0.3, -0.25) is 4.79 Å². The molecule has 1 saturated heterocycles. The molecule has 1 amide bonds. The van der Waals surface area contributed by atoms with Crippen LogP contribution in [-0.2, 0) is 4.79 Å². The Kier molecular flexibility index (Phi) is 6.16. The van der Waals surface area contributed by atoms with Gasteiger partial charge in [0.25, 0.3) is 0 Å². The highest BCUT2D eigenvalue weighted by atomic mass is 35.5. The first-order valence-corrected chi connectivity index (χ1v) is 9.46. The number of carbonyl (C=O) groups excluding carboxylic acids is 1. The molecule has 0 radical (unpaired) electrons. The Hall–Kier alpha value is -1.78. The van der Waals surface area contributed by atoms with E-state index in [4.69, 9.17) is 11.6 Å². The van der Waals surface area contributed by atoms with Crippen LogP contribution >= 0.6 is 11.6 Å². The minimum atomic E-state index is 0.565. The minimum absolute atomic E-state index is 0.565. The Balaban J connectivity index is 0.000000219. The number of amides is 1. The first-order chi connectivity index (χ1) is 12.2. The van der Waals surface area contributed by atoms with E-state index in [1.807, 2.05) is 24.4 Å². The summed E-state index contributed by atoms with van der Waals surface area (Å²) in [6.07, 6.45) is 10.9. The van der Waals surface area contributed by atoms with Gasteiger partial charge in [0, 0.05) is 17.5 Å². The summed E-state index contributed by atoms with van der Waals surface area (Å²) in [5, 5.41) is 9.82. The van der Waals surface area contributed by atoms with Crippen LogP contribution in [0.5, 0.6) is 0 Å². The van der Waals surface area contributed by atoms with Crippen LogP contribution in [0.2, 0.25) is 5.02 Å². The first-order valence-electron chi connectivity index (χ1n) is 9.09. The monoisotopic (exact) mass is 359 g/mol. The second-order valence-electron chi connectivity index (χ2n) is 6.94. The number of halogens is 1. The van der Waals surface area contributed by atoms with E-state index in [0.717, 1.165) is 29.9 Å². The molecule has 3 N–H and O–H groups in total. The average Bonchev–Trinajstić information content (AvgIpc) is 2.56. The van der Waals surface area contributed by atoms with E-state index >= 15 is 0 Å². The van der Waals surface area contributed by atoms with Crippen molar-refractivity contribution in [3.63, 3.8) is 0 Å². The van der Waals surface area contributed by atoms with E-state index in [2.05, 4.69) is 22.9 Å². The van der Waals surface area contributed by atoms with E-state index in [-0.39, 0.29) is 0 Å². The lowest BCUT2D eigenvalue weighted by Gasteiger charge is -2.26. The fraction of sp³-hybridized carbons (Fsp3) is 0.450. The fourth-order valence-electron chi connectivity index (χ4n) is 3.33. The number of allylic oxidation sites excluding steroid dienone is 1. The maximum absolute atomic E-state index is 10.5. The maximum atomic E-state index is 10.5. The molecule has 1 unspecified atom stereocenters. The van der Waals surface area contributed by atoms with Gasteiger partial charge in [-0.15, -0.1) is 0 Å². The van der Waals surface area contributed by atoms with Gasteiger partial charge in [0.05, 0.1) is 10.7 Å². The Morgan fingerprint density at radius 3 is 2.68 bits per heavy atom. The average molecular weight is 360 g/mol. The van der Waals surface area contributed by atoms with Crippen molar-refractivity contribution >= 4 is 35.5 Å². The highest BCUT2D eigenvalue weighted by molar-refractivity contribution is 6.33. The quantitative estimate of drug-likeness (QED) is 0.687. The van der Waals surface area contributed by atoms with Crippen molar-refractivity contribution < 1.29 is 4.79 Å². The Labute approximate surface area is 154 Å². The number of benzene rings is 1. The zero-order valence-corrected chi connectivity index (χ0v) is 15.5. The number of piperidine rings is 1. The van der Waals surface area contributed by atoms with Crippen LogP contribution in [0.3, 0.4) is 0 Å². The topological polar surface area (TPSA) is 53.2 Å². The number of hydrogen-bond donors (Lipinski definition) is 3. The van der Waals surface area contributed by atoms with Crippen molar-refractivity contribution in [2.24, 2.45) is 5.92 Å². The highest BCUT2D eigenvalue weighted by Crippen LogP contribution is 2.38. The summed E-state index contributed by atoms with van der Waals surface area (Å²) in [5.74, 6) is 0.925. The van der Waals surface area contributed by atoms with Crippen LogP contribution in [-0.4, -0.2) is 19.5 Å². The molecule has 4 rings (SSSR count). The lowest BCUT2D eigenvalue weighted by Crippen LogP contribution is -2.27. The second-order valence-corrected chi connectivity index (χ2v) is 7.35. The summed E-state index contributed by atoms with van der Waals surface area (Å²) in [6.45, 7) is 4.77. The maximum Gasteiger partial charge on any atom is 0.211 e. The third kappa shape index (κ3) is 4.44. The molecule has 3 aliphatic rings. The Morgan fingerprint density at radius 2 is 2.12 bits per heavy atom. The van der Waals surface area contributed by atoms with Gasteiger partial charge in [-0.2, -0.15) is 0 Å². The van der Waals surface area contributed by atoms with Crippen molar-refractivity contribution in [1.82, 2.24) is 10.6 Å². The molecule has 25 heavy (non-hydrogen) atoms. The molecule has 1 aliphatic carbocycles. The molecule has 4 nitrogen and oxygen atoms in total. The third-order valence-electron chi connectivity index (χ3n) is 4.97. The molecule has 1 aromatic carbocycles. The lowest BCUT2D eigenvalue weighted by atomic mass is 9.86. The van der Waals surface area contributed by atoms with Gasteiger partial charge in [-0.1, -0.05) is 18.5 Å². The van der Waals surface area contributed by atoms with Gasteiger partial charge in [0.1, 0.15) is 0 Å². The van der Waals surface area contributed by atoms with Gasteiger partial charge >= 0.3 is 0 Å². The molecular formula is C20H26ClN3O. The van der Waals surface area contributed by atoms with Crippen molar-refractivity contribution in [2.45, 2.75) is 39.0 Å². The first kappa shape index (κ1) is 18.0. The molecule has 0 spiro atoms. The zero-order valence-electron chi connectivity index (χ0n) is 14.7. The summed E-state index contributed by atoms with van der Waals surface area (Å²) in [4.78, 5) is 10.5. The van der Waals surface area contributed by atoms with Crippen molar-refractivity contribution in [2.75, 3.05) is 18.4 Å². The SMILES string of the molecule is CC1CCCNC1.O=CNc1cc2c(cc1Cl)C(=C1CCC1)NC=C2. The lowest BCUT2D eigenvalue weighted by molar-refractivity contribution is -0.105. The van der Waals surface area contributed by atoms with Gasteiger partial charge in [0.15, 0.2) is 0 Å². The summed E-state index contributed by atoms with van der Waals surface area (Å²) < 4.78 is 0. The number of carbonyl (C=O) groups is 1. The van der Waals surface area contributed by atoms with Crippen LogP contribution in [0.15, 0.2) is 23.9 Å². The van der Waals surface area contributed by atoms with E-state index in [0.29, 0.717) is 17.1 Å². The van der Waals surface area contributed by atoms with E-state index in [1.54, 1.807) is 0 Å². The van der Waals surface area contributed by atoms with Gasteiger partial charge in [-0.05, 0) is 80.5 Å². The van der Waals surface area contributed by atoms with Gasteiger partial charge in [0.2, 0.25) is 6.41 Å². The highest BCUT2D eigenvalue weighted by Gasteiger charge is 2.20. The largest absolute Gasteiger partial charge is 0.361 e. The number of fused-ring (bicyclic) bond motifs is 1. The second kappa shape index (κ2) is 8.54. The molecule has 1 aromatic rings. The van der Waals surface area contributed by atoms with E-state index in [9.17, 15) is 4.79 Å². The standard InChI is InChI=1S/C14H13ClN2O.C6H13N/c15-12-7-11-10(6-13(12)17-8-18)4-5-16-14(11)9-2-1-3-9;1-6-3-2-4-7-5-6/h4-8,16H,1-3H2,(H,17,18);6-7H,2-5H2,1H3. The van der Waals surface area contributed by atoms with Crippen LogP contribution < -0.4 is 16.0 Å². The van der Waals surface area contributed by atoms with Crippen molar-refractivity contribution in [3.05, 3.63) is 40.1 Å². The van der Waals surface area contributed by atoms with Crippen molar-refractivity contribution in [3.8, 4) is 0 Å². The van der Waals surface area contributed by atoms with Crippen LogP contribution in [0.25, 0.3) is 11.8 Å². The van der Waals surface area contributed by atoms with Crippen LogP contribution in [0, 0.1) is 5.92 Å². The molecule has 1 atom stereocenters. The molecule has 2 heterocycles. The Bertz CT molecular complexity index is 684. The molecule has 2 aliphatic heterocycles. The number of nitrogens with one attached hydrogen (secondary N) is 3. The zero-order chi connectivity index (χ0) is 17.6. The summed E-state index contributed by atoms with van der Waals surface area (Å²) in [5.41, 5.74) is 5.48. The minimum Gasteiger partial charge on any atom is -0.361 e. The number of rotatable bonds is 2. The van der Waals surface area contributed by atoms with E-state index in [1.165, 1.54) is 43.6 Å². The van der Waals surface area contributed by atoms with E-state index < -0.39 is 0 Å². The molecule has 0 aromatic heterocycles. The predicted molar refractivity (Wildman–Crippen MR) is 105 cm³/mol. The third-order valence-corrected chi connectivity index (χ3v) is 5.28. The van der Waals surface area contributed by atoms with Crippen molar-refractivity contribution in [1.29, 1.82) is 0 Å². The number of anilines is 1. The van der Waals surface area contributed by atoms with Gasteiger partial charge < -0.3 is 16.0 Å². The summed E-state index contributed by atoms with van der Waals surface area (Å²) in [7, 11) is 0.